The van der Waals surface area contributed by atoms with Gasteiger partial charge in [0, 0.05) is 16.9 Å². The summed E-state index contributed by atoms with van der Waals surface area (Å²) in [6, 6.07) is 6.92. The molecule has 1 atom stereocenters. The van der Waals surface area contributed by atoms with Crippen LogP contribution in [-0.4, -0.2) is 6.54 Å². The van der Waals surface area contributed by atoms with Gasteiger partial charge in [-0.3, -0.25) is 0 Å². The van der Waals surface area contributed by atoms with Crippen molar-refractivity contribution in [3.05, 3.63) is 33.8 Å². The monoisotopic (exact) mass is 293 g/mol. The van der Waals surface area contributed by atoms with E-state index >= 15 is 0 Å². The van der Waals surface area contributed by atoms with Crippen molar-refractivity contribution in [1.29, 1.82) is 0 Å². The summed E-state index contributed by atoms with van der Waals surface area (Å²) < 4.78 is 1.19. The summed E-state index contributed by atoms with van der Waals surface area (Å²) in [6.07, 6.45) is 1.99. The topological polar surface area (TPSA) is 12.0 Å². The fourth-order valence-electron chi connectivity index (χ4n) is 1.87. The third-order valence-electron chi connectivity index (χ3n) is 2.72. The number of halogens is 1. The lowest BCUT2D eigenvalue weighted by Gasteiger charge is -2.19. The van der Waals surface area contributed by atoms with Gasteiger partial charge in [-0.1, -0.05) is 35.0 Å². The predicted molar refractivity (Wildman–Crippen MR) is 78.0 cm³/mol. The molecule has 0 radical (unpaired) electrons. The Morgan fingerprint density at radius 1 is 1.41 bits per heavy atom. The number of rotatable bonds is 5. The Labute approximate surface area is 113 Å². The lowest BCUT2D eigenvalue weighted by atomic mass is 10.0. The average molecular weight is 294 g/mol. The highest BCUT2D eigenvalue weighted by molar-refractivity contribution is 9.10. The molecule has 1 N–H and O–H groups in total. The minimum absolute atomic E-state index is 0.385. The number of aryl methyl sites for hydroxylation is 1. The highest BCUT2D eigenvalue weighted by atomic mass is 79.9. The fraction of sp³-hybridized carbons (Fsp3) is 0.467. The first-order valence-electron chi connectivity index (χ1n) is 6.08. The van der Waals surface area contributed by atoms with E-state index in [9.17, 15) is 0 Å². The summed E-state index contributed by atoms with van der Waals surface area (Å²) in [6.45, 7) is 7.12. The fourth-order valence-corrected chi connectivity index (χ4v) is 2.64. The van der Waals surface area contributed by atoms with Gasteiger partial charge < -0.3 is 5.32 Å². The zero-order chi connectivity index (χ0) is 12.7. The van der Waals surface area contributed by atoms with E-state index in [4.69, 9.17) is 0 Å². The standard InChI is InChI=1S/C15H20BrN/c1-4-6-7-8-15(17-5-2)13-10-9-12(3)11-14(13)16/h9-11,15,17H,5,7-8H2,1-3H3. The van der Waals surface area contributed by atoms with Crippen molar-refractivity contribution < 1.29 is 0 Å². The van der Waals surface area contributed by atoms with Crippen LogP contribution in [0.4, 0.5) is 0 Å². The molecule has 1 unspecified atom stereocenters. The van der Waals surface area contributed by atoms with Crippen molar-refractivity contribution in [3.63, 3.8) is 0 Å². The molecule has 0 spiro atoms. The zero-order valence-corrected chi connectivity index (χ0v) is 12.4. The van der Waals surface area contributed by atoms with Gasteiger partial charge in [0.1, 0.15) is 0 Å². The first-order chi connectivity index (χ1) is 8.19. The zero-order valence-electron chi connectivity index (χ0n) is 10.8. The molecule has 1 nitrogen and oxygen atoms in total. The molecule has 0 aromatic heterocycles. The second-order valence-electron chi connectivity index (χ2n) is 4.10. The van der Waals surface area contributed by atoms with Crippen LogP contribution in [0.2, 0.25) is 0 Å². The Morgan fingerprint density at radius 2 is 2.18 bits per heavy atom. The lowest BCUT2D eigenvalue weighted by Crippen LogP contribution is -2.21. The van der Waals surface area contributed by atoms with Gasteiger partial charge in [-0.25, -0.2) is 0 Å². The number of hydrogen-bond acceptors (Lipinski definition) is 1. The Balaban J connectivity index is 2.83. The third kappa shape index (κ3) is 4.53. The SMILES string of the molecule is CC#CCCC(NCC)c1ccc(C)cc1Br. The molecule has 0 saturated heterocycles. The van der Waals surface area contributed by atoms with Gasteiger partial charge >= 0.3 is 0 Å². The van der Waals surface area contributed by atoms with Crippen LogP contribution < -0.4 is 5.32 Å². The van der Waals surface area contributed by atoms with Gasteiger partial charge in [-0.05, 0) is 44.0 Å². The van der Waals surface area contributed by atoms with Gasteiger partial charge in [-0.15, -0.1) is 11.8 Å². The van der Waals surface area contributed by atoms with Gasteiger partial charge in [0.2, 0.25) is 0 Å². The largest absolute Gasteiger partial charge is 0.310 e. The van der Waals surface area contributed by atoms with E-state index in [1.165, 1.54) is 15.6 Å². The van der Waals surface area contributed by atoms with Crippen molar-refractivity contribution in [2.75, 3.05) is 6.54 Å². The summed E-state index contributed by atoms with van der Waals surface area (Å²) in [5.41, 5.74) is 2.61. The molecule has 0 saturated carbocycles. The normalized spacial score (nSPS) is 11.8. The smallest absolute Gasteiger partial charge is 0.0340 e. The summed E-state index contributed by atoms with van der Waals surface area (Å²) in [7, 11) is 0. The van der Waals surface area contributed by atoms with E-state index < -0.39 is 0 Å². The van der Waals surface area contributed by atoms with Gasteiger partial charge in [0.15, 0.2) is 0 Å². The van der Waals surface area contributed by atoms with Crippen LogP contribution in [-0.2, 0) is 0 Å². The summed E-state index contributed by atoms with van der Waals surface area (Å²) in [5.74, 6) is 6.08. The molecule has 2 heteroatoms. The van der Waals surface area contributed by atoms with Crippen LogP contribution in [0.5, 0.6) is 0 Å². The molecule has 0 heterocycles. The van der Waals surface area contributed by atoms with Crippen molar-refractivity contribution >= 4 is 15.9 Å². The maximum atomic E-state index is 3.65. The number of nitrogens with one attached hydrogen (secondary N) is 1. The lowest BCUT2D eigenvalue weighted by molar-refractivity contribution is 0.521. The van der Waals surface area contributed by atoms with Gasteiger partial charge in [0.25, 0.3) is 0 Å². The molecular formula is C15H20BrN. The van der Waals surface area contributed by atoms with E-state index in [-0.39, 0.29) is 0 Å². The summed E-state index contributed by atoms with van der Waals surface area (Å²) in [5, 5.41) is 3.52. The third-order valence-corrected chi connectivity index (χ3v) is 3.40. The van der Waals surface area contributed by atoms with Crippen LogP contribution in [0.15, 0.2) is 22.7 Å². The van der Waals surface area contributed by atoms with E-state index in [2.05, 4.69) is 65.1 Å². The molecule has 0 aliphatic rings. The van der Waals surface area contributed by atoms with Crippen LogP contribution in [0.3, 0.4) is 0 Å². The van der Waals surface area contributed by atoms with Gasteiger partial charge in [-0.2, -0.15) is 0 Å². The summed E-state index contributed by atoms with van der Waals surface area (Å²) >= 11 is 3.65. The molecular weight excluding hydrogens is 274 g/mol. The van der Waals surface area contributed by atoms with Crippen LogP contribution in [0.25, 0.3) is 0 Å². The minimum Gasteiger partial charge on any atom is -0.310 e. The second kappa shape index (κ2) is 7.53. The average Bonchev–Trinajstić information content (AvgIpc) is 2.28. The van der Waals surface area contributed by atoms with Gasteiger partial charge in [0.05, 0.1) is 0 Å². The van der Waals surface area contributed by atoms with Crippen LogP contribution in [0, 0.1) is 18.8 Å². The molecule has 0 fully saturated rings. The molecule has 0 amide bonds. The Hall–Kier alpha value is -0.780. The van der Waals surface area contributed by atoms with Crippen LogP contribution >= 0.6 is 15.9 Å². The van der Waals surface area contributed by atoms with Crippen molar-refractivity contribution in [3.8, 4) is 11.8 Å². The quantitative estimate of drug-likeness (QED) is 0.802. The maximum absolute atomic E-state index is 3.65. The molecule has 0 aliphatic carbocycles. The molecule has 0 bridgehead atoms. The first kappa shape index (κ1) is 14.3. The Kier molecular flexibility index (Phi) is 6.32. The second-order valence-corrected chi connectivity index (χ2v) is 4.96. The molecule has 17 heavy (non-hydrogen) atoms. The Bertz CT molecular complexity index is 415. The van der Waals surface area contributed by atoms with E-state index in [1.54, 1.807) is 0 Å². The number of hydrogen-bond donors (Lipinski definition) is 1. The Morgan fingerprint density at radius 3 is 2.76 bits per heavy atom. The molecule has 0 aliphatic heterocycles. The molecule has 1 aromatic rings. The minimum atomic E-state index is 0.385. The highest BCUT2D eigenvalue weighted by Crippen LogP contribution is 2.27. The van der Waals surface area contributed by atoms with Crippen molar-refractivity contribution in [2.24, 2.45) is 0 Å². The first-order valence-corrected chi connectivity index (χ1v) is 6.87. The predicted octanol–water partition coefficient (Wildman–Crippen LogP) is 4.21. The molecule has 92 valence electrons. The van der Waals surface area contributed by atoms with E-state index in [1.807, 2.05) is 6.92 Å². The summed E-state index contributed by atoms with van der Waals surface area (Å²) in [4.78, 5) is 0. The highest BCUT2D eigenvalue weighted by Gasteiger charge is 2.12. The number of benzene rings is 1. The van der Waals surface area contributed by atoms with Crippen molar-refractivity contribution in [2.45, 2.75) is 39.7 Å². The molecule has 1 aromatic carbocycles. The van der Waals surface area contributed by atoms with E-state index in [0.717, 1.165) is 19.4 Å². The maximum Gasteiger partial charge on any atom is 0.0340 e. The van der Waals surface area contributed by atoms with E-state index in [0.29, 0.717) is 6.04 Å². The van der Waals surface area contributed by atoms with Crippen LogP contribution in [0.1, 0.15) is 43.9 Å². The molecule has 1 rings (SSSR count). The van der Waals surface area contributed by atoms with Crippen molar-refractivity contribution in [1.82, 2.24) is 5.32 Å².